The van der Waals surface area contributed by atoms with Gasteiger partial charge in [0.1, 0.15) is 11.6 Å². The lowest BCUT2D eigenvalue weighted by molar-refractivity contribution is 0.415. The zero-order chi connectivity index (χ0) is 19.0. The van der Waals surface area contributed by atoms with Crippen LogP contribution in [0.5, 0.6) is 5.75 Å². The molecule has 0 spiro atoms. The van der Waals surface area contributed by atoms with Crippen LogP contribution < -0.4 is 10.5 Å². The molecule has 0 fully saturated rings. The van der Waals surface area contributed by atoms with Crippen LogP contribution in [0.15, 0.2) is 29.4 Å². The van der Waals surface area contributed by atoms with Crippen molar-refractivity contribution in [2.75, 3.05) is 18.6 Å². The maximum atomic E-state index is 6.42. The Morgan fingerprint density at radius 2 is 1.96 bits per heavy atom. The first kappa shape index (κ1) is 18.0. The minimum absolute atomic E-state index is 0.425. The van der Waals surface area contributed by atoms with Crippen molar-refractivity contribution in [3.05, 3.63) is 35.5 Å². The van der Waals surface area contributed by atoms with Crippen LogP contribution >= 0.6 is 11.8 Å². The zero-order valence-electron chi connectivity index (χ0n) is 16.0. The molecular weight excluding hydrogens is 356 g/mol. The van der Waals surface area contributed by atoms with E-state index in [0.29, 0.717) is 22.5 Å². The van der Waals surface area contributed by atoms with E-state index in [-0.39, 0.29) is 0 Å². The third-order valence-corrected chi connectivity index (χ3v) is 5.90. The second-order valence-electron chi connectivity index (χ2n) is 6.90. The molecule has 4 rings (SSSR count). The fourth-order valence-corrected chi connectivity index (χ4v) is 4.45. The average molecular weight is 381 g/mol. The second kappa shape index (κ2) is 7.35. The van der Waals surface area contributed by atoms with Gasteiger partial charge in [0.2, 0.25) is 0 Å². The first-order valence-electron chi connectivity index (χ1n) is 9.39. The molecule has 5 nitrogen and oxygen atoms in total. The van der Waals surface area contributed by atoms with E-state index >= 15 is 0 Å². The van der Waals surface area contributed by atoms with Crippen LogP contribution in [0.4, 0.5) is 5.82 Å². The highest BCUT2D eigenvalue weighted by Crippen LogP contribution is 2.42. The summed E-state index contributed by atoms with van der Waals surface area (Å²) in [7, 11) is 1.68. The molecule has 2 N–H and O–H groups in total. The summed E-state index contributed by atoms with van der Waals surface area (Å²) < 4.78 is 5.32. The van der Waals surface area contributed by atoms with Gasteiger partial charge in [-0.1, -0.05) is 37.7 Å². The Morgan fingerprint density at radius 3 is 2.67 bits per heavy atom. The number of hydrogen-bond acceptors (Lipinski definition) is 6. The van der Waals surface area contributed by atoms with Gasteiger partial charge in [0.15, 0.2) is 10.8 Å². The van der Waals surface area contributed by atoms with Crippen molar-refractivity contribution in [3.63, 3.8) is 0 Å². The van der Waals surface area contributed by atoms with Crippen molar-refractivity contribution in [2.45, 2.75) is 44.2 Å². The summed E-state index contributed by atoms with van der Waals surface area (Å²) in [5.74, 6) is 2.67. The van der Waals surface area contributed by atoms with Crippen LogP contribution in [0.25, 0.3) is 22.2 Å². The summed E-state index contributed by atoms with van der Waals surface area (Å²) in [5, 5.41) is 1.56. The molecule has 6 heteroatoms. The minimum Gasteiger partial charge on any atom is -0.497 e. The van der Waals surface area contributed by atoms with Gasteiger partial charge in [-0.25, -0.2) is 15.0 Å². The quantitative estimate of drug-likeness (QED) is 0.516. The van der Waals surface area contributed by atoms with Gasteiger partial charge in [0.05, 0.1) is 12.5 Å². The van der Waals surface area contributed by atoms with Crippen molar-refractivity contribution >= 4 is 28.6 Å². The molecule has 0 bridgehead atoms. The van der Waals surface area contributed by atoms with E-state index in [1.807, 2.05) is 12.1 Å². The smallest absolute Gasteiger partial charge is 0.191 e. The van der Waals surface area contributed by atoms with Gasteiger partial charge in [0.25, 0.3) is 0 Å². The van der Waals surface area contributed by atoms with Gasteiger partial charge in [-0.2, -0.15) is 0 Å². The normalized spacial score (nSPS) is 16.3. The van der Waals surface area contributed by atoms with Crippen molar-refractivity contribution in [2.24, 2.45) is 0 Å². The predicted octanol–water partition coefficient (Wildman–Crippen LogP) is 4.83. The molecule has 1 aliphatic rings. The number of methoxy groups -OCH3 is 1. The summed E-state index contributed by atoms with van der Waals surface area (Å²) in [6.07, 6.45) is 3.33. The number of rotatable bonds is 4. The highest BCUT2D eigenvalue weighted by molar-refractivity contribution is 7.99. The number of ether oxygens (including phenoxy) is 1. The lowest BCUT2D eigenvalue weighted by Gasteiger charge is -2.25. The van der Waals surface area contributed by atoms with E-state index in [1.165, 1.54) is 5.56 Å². The molecule has 1 unspecified atom stereocenters. The highest BCUT2D eigenvalue weighted by atomic mass is 32.2. The van der Waals surface area contributed by atoms with E-state index in [1.54, 1.807) is 18.9 Å². The highest BCUT2D eigenvalue weighted by Gasteiger charge is 2.26. The lowest BCUT2D eigenvalue weighted by atomic mass is 9.82. The number of fused-ring (bicyclic) bond motifs is 2. The first-order valence-corrected chi connectivity index (χ1v) is 10.4. The van der Waals surface area contributed by atoms with Crippen molar-refractivity contribution in [1.29, 1.82) is 0 Å². The molecule has 2 aromatic heterocycles. The van der Waals surface area contributed by atoms with Crippen LogP contribution in [0, 0.1) is 0 Å². The molecule has 0 saturated heterocycles. The Bertz CT molecular complexity index is 988. The summed E-state index contributed by atoms with van der Waals surface area (Å²) in [6, 6.07) is 8.14. The average Bonchev–Trinajstić information content (AvgIpc) is 2.67. The van der Waals surface area contributed by atoms with Crippen molar-refractivity contribution in [3.8, 4) is 16.9 Å². The Kier molecular flexibility index (Phi) is 4.91. The topological polar surface area (TPSA) is 73.9 Å². The van der Waals surface area contributed by atoms with E-state index < -0.39 is 0 Å². The van der Waals surface area contributed by atoms with Crippen LogP contribution in [-0.2, 0) is 6.42 Å². The number of nitrogens with zero attached hydrogens (tertiary/aromatic N) is 3. The van der Waals surface area contributed by atoms with E-state index in [0.717, 1.165) is 53.0 Å². The fourth-order valence-electron chi connectivity index (χ4n) is 3.88. The monoisotopic (exact) mass is 380 g/mol. The van der Waals surface area contributed by atoms with Gasteiger partial charge >= 0.3 is 0 Å². The number of pyridine rings is 1. The second-order valence-corrected chi connectivity index (χ2v) is 8.13. The summed E-state index contributed by atoms with van der Waals surface area (Å²) >= 11 is 1.59. The van der Waals surface area contributed by atoms with E-state index in [9.17, 15) is 0 Å². The number of thioether (sulfide) groups is 1. The van der Waals surface area contributed by atoms with Crippen LogP contribution in [-0.4, -0.2) is 27.8 Å². The third-order valence-electron chi connectivity index (χ3n) is 5.17. The molecule has 0 saturated carbocycles. The first-order chi connectivity index (χ1) is 13.1. The number of nitrogens with two attached hydrogens (primary N) is 1. The van der Waals surface area contributed by atoms with Crippen LogP contribution in [0.3, 0.4) is 0 Å². The molecule has 0 amide bonds. The summed E-state index contributed by atoms with van der Waals surface area (Å²) in [6.45, 7) is 4.33. The summed E-state index contributed by atoms with van der Waals surface area (Å²) in [5.41, 5.74) is 11.8. The molecule has 1 atom stereocenters. The Hall–Kier alpha value is -2.34. The van der Waals surface area contributed by atoms with Gasteiger partial charge in [0, 0.05) is 11.3 Å². The fraction of sp³-hybridized carbons (Fsp3) is 0.381. The molecule has 1 aliphatic carbocycles. The van der Waals surface area contributed by atoms with Crippen molar-refractivity contribution in [1.82, 2.24) is 15.0 Å². The number of hydrogen-bond donors (Lipinski definition) is 1. The third kappa shape index (κ3) is 3.23. The van der Waals surface area contributed by atoms with Crippen LogP contribution in [0.1, 0.15) is 43.9 Å². The molecule has 0 radical (unpaired) electrons. The molecule has 140 valence electrons. The van der Waals surface area contributed by atoms with E-state index in [4.69, 9.17) is 20.4 Å². The molecule has 1 aromatic carbocycles. The SMILES string of the molecule is CCSc1nc(N)c2c(-c3ccc(OC)cc3)c3c(nc2n1)C(C)CCC3. The largest absolute Gasteiger partial charge is 0.497 e. The molecule has 27 heavy (non-hydrogen) atoms. The molecule has 2 heterocycles. The maximum absolute atomic E-state index is 6.42. The molecule has 0 aliphatic heterocycles. The van der Waals surface area contributed by atoms with Gasteiger partial charge < -0.3 is 10.5 Å². The Morgan fingerprint density at radius 1 is 1.19 bits per heavy atom. The molecule has 3 aromatic rings. The van der Waals surface area contributed by atoms with Gasteiger partial charge in [-0.15, -0.1) is 0 Å². The lowest BCUT2D eigenvalue weighted by Crippen LogP contribution is -2.13. The number of anilines is 1. The zero-order valence-corrected chi connectivity index (χ0v) is 16.8. The predicted molar refractivity (Wildman–Crippen MR) is 111 cm³/mol. The number of benzene rings is 1. The van der Waals surface area contributed by atoms with Gasteiger partial charge in [-0.3, -0.25) is 0 Å². The Balaban J connectivity index is 2.03. The van der Waals surface area contributed by atoms with Crippen LogP contribution in [0.2, 0.25) is 0 Å². The molecular formula is C21H24N4OS. The van der Waals surface area contributed by atoms with Crippen molar-refractivity contribution < 1.29 is 4.74 Å². The standard InChI is InChI=1S/C21H24N4OS/c1-4-27-21-24-19(22)17-16(13-8-10-14(26-3)11-9-13)15-7-5-6-12(2)18(15)23-20(17)25-21/h8-12H,4-7H2,1-3H3,(H2,22,23,24,25). The van der Waals surface area contributed by atoms with E-state index in [2.05, 4.69) is 31.0 Å². The number of aromatic nitrogens is 3. The van der Waals surface area contributed by atoms with Gasteiger partial charge in [-0.05, 0) is 54.2 Å². The summed E-state index contributed by atoms with van der Waals surface area (Å²) in [4.78, 5) is 14.2. The maximum Gasteiger partial charge on any atom is 0.191 e. The Labute approximate surface area is 163 Å². The minimum atomic E-state index is 0.425. The number of nitrogen functional groups attached to an aromatic ring is 1.